The molecule has 1 aliphatic carbocycles. The SMILES string of the molecule is NCc1ncccc1SC1CCC1. The third kappa shape index (κ3) is 2.03. The van der Waals surface area contributed by atoms with Crippen molar-refractivity contribution in [2.75, 3.05) is 0 Å². The first-order valence-corrected chi connectivity index (χ1v) is 5.58. The van der Waals surface area contributed by atoms with Crippen LogP contribution in [-0.4, -0.2) is 10.2 Å². The van der Waals surface area contributed by atoms with Crippen LogP contribution in [-0.2, 0) is 6.54 Å². The number of hydrogen-bond acceptors (Lipinski definition) is 3. The molecule has 1 heterocycles. The van der Waals surface area contributed by atoms with Crippen LogP contribution in [0.3, 0.4) is 0 Å². The van der Waals surface area contributed by atoms with Gasteiger partial charge in [-0.1, -0.05) is 6.42 Å². The van der Waals surface area contributed by atoms with Gasteiger partial charge in [0.25, 0.3) is 0 Å². The largest absolute Gasteiger partial charge is 0.325 e. The average molecular weight is 194 g/mol. The number of thioether (sulfide) groups is 1. The van der Waals surface area contributed by atoms with Gasteiger partial charge in [-0.05, 0) is 25.0 Å². The van der Waals surface area contributed by atoms with Gasteiger partial charge < -0.3 is 5.73 Å². The molecule has 0 atom stereocenters. The smallest absolute Gasteiger partial charge is 0.0675 e. The summed E-state index contributed by atoms with van der Waals surface area (Å²) in [5, 5.41) is 0.814. The molecule has 13 heavy (non-hydrogen) atoms. The molecule has 70 valence electrons. The van der Waals surface area contributed by atoms with Gasteiger partial charge in [-0.2, -0.15) is 0 Å². The third-order valence-corrected chi connectivity index (χ3v) is 3.82. The Morgan fingerprint density at radius 2 is 2.38 bits per heavy atom. The van der Waals surface area contributed by atoms with Gasteiger partial charge in [-0.15, -0.1) is 11.8 Å². The molecule has 0 saturated heterocycles. The van der Waals surface area contributed by atoms with E-state index in [9.17, 15) is 0 Å². The molecule has 0 amide bonds. The lowest BCUT2D eigenvalue weighted by molar-refractivity contribution is 0.522. The highest BCUT2D eigenvalue weighted by molar-refractivity contribution is 8.00. The fraction of sp³-hybridized carbons (Fsp3) is 0.500. The zero-order valence-corrected chi connectivity index (χ0v) is 8.39. The summed E-state index contributed by atoms with van der Waals surface area (Å²) in [7, 11) is 0. The van der Waals surface area contributed by atoms with E-state index >= 15 is 0 Å². The minimum absolute atomic E-state index is 0.551. The second-order valence-corrected chi connectivity index (χ2v) is 4.67. The molecule has 1 aliphatic rings. The Balaban J connectivity index is 2.08. The molecule has 0 unspecified atom stereocenters. The van der Waals surface area contributed by atoms with Crippen LogP contribution in [0.25, 0.3) is 0 Å². The van der Waals surface area contributed by atoms with Gasteiger partial charge in [0.05, 0.1) is 5.69 Å². The average Bonchev–Trinajstić information content (AvgIpc) is 2.12. The molecule has 0 radical (unpaired) electrons. The standard InChI is InChI=1S/C10H14N2S/c11-7-9-10(5-2-6-12-9)13-8-3-1-4-8/h2,5-6,8H,1,3-4,7,11H2. The van der Waals surface area contributed by atoms with E-state index in [1.807, 2.05) is 24.0 Å². The minimum Gasteiger partial charge on any atom is -0.325 e. The Hall–Kier alpha value is -0.540. The monoisotopic (exact) mass is 194 g/mol. The summed E-state index contributed by atoms with van der Waals surface area (Å²) < 4.78 is 0. The lowest BCUT2D eigenvalue weighted by Crippen LogP contribution is -2.13. The van der Waals surface area contributed by atoms with Crippen molar-refractivity contribution in [1.29, 1.82) is 0 Å². The molecule has 1 saturated carbocycles. The van der Waals surface area contributed by atoms with E-state index < -0.39 is 0 Å². The maximum Gasteiger partial charge on any atom is 0.0675 e. The van der Waals surface area contributed by atoms with Crippen molar-refractivity contribution in [2.45, 2.75) is 36.0 Å². The molecule has 2 rings (SSSR count). The zero-order valence-electron chi connectivity index (χ0n) is 7.57. The summed E-state index contributed by atoms with van der Waals surface area (Å²) in [6.07, 6.45) is 5.90. The van der Waals surface area contributed by atoms with E-state index in [0.29, 0.717) is 6.54 Å². The van der Waals surface area contributed by atoms with E-state index in [0.717, 1.165) is 10.9 Å². The van der Waals surface area contributed by atoms with Crippen molar-refractivity contribution >= 4 is 11.8 Å². The number of aromatic nitrogens is 1. The van der Waals surface area contributed by atoms with Gasteiger partial charge in [0, 0.05) is 22.9 Å². The normalized spacial score (nSPS) is 17.0. The first-order chi connectivity index (χ1) is 6.40. The molecule has 0 aromatic carbocycles. The zero-order chi connectivity index (χ0) is 9.10. The van der Waals surface area contributed by atoms with Crippen LogP contribution in [0.4, 0.5) is 0 Å². The van der Waals surface area contributed by atoms with Crippen molar-refractivity contribution in [1.82, 2.24) is 4.98 Å². The summed E-state index contributed by atoms with van der Waals surface area (Å²) in [6, 6.07) is 4.11. The third-order valence-electron chi connectivity index (χ3n) is 2.39. The number of hydrogen-bond donors (Lipinski definition) is 1. The predicted molar refractivity (Wildman–Crippen MR) is 55.6 cm³/mol. The Morgan fingerprint density at radius 1 is 1.54 bits per heavy atom. The quantitative estimate of drug-likeness (QED) is 0.801. The summed E-state index contributed by atoms with van der Waals surface area (Å²) in [5.74, 6) is 0. The molecule has 0 aliphatic heterocycles. The van der Waals surface area contributed by atoms with Gasteiger partial charge in [-0.25, -0.2) is 0 Å². The molecule has 1 fully saturated rings. The van der Waals surface area contributed by atoms with Gasteiger partial charge in [0.1, 0.15) is 0 Å². The Kier molecular flexibility index (Phi) is 2.86. The highest BCUT2D eigenvalue weighted by atomic mass is 32.2. The summed E-state index contributed by atoms with van der Waals surface area (Å²) in [6.45, 7) is 0.551. The first kappa shape index (κ1) is 9.03. The lowest BCUT2D eigenvalue weighted by Gasteiger charge is -2.25. The van der Waals surface area contributed by atoms with Gasteiger partial charge in [0.15, 0.2) is 0 Å². The van der Waals surface area contributed by atoms with Crippen LogP contribution in [0.1, 0.15) is 25.0 Å². The summed E-state index contributed by atoms with van der Waals surface area (Å²) in [5.41, 5.74) is 6.65. The highest BCUT2D eigenvalue weighted by Gasteiger charge is 2.19. The molecular formula is C10H14N2S. The van der Waals surface area contributed by atoms with Crippen LogP contribution < -0.4 is 5.73 Å². The Morgan fingerprint density at radius 3 is 3.00 bits per heavy atom. The highest BCUT2D eigenvalue weighted by Crippen LogP contribution is 2.37. The van der Waals surface area contributed by atoms with Crippen LogP contribution in [0.2, 0.25) is 0 Å². The van der Waals surface area contributed by atoms with E-state index in [1.165, 1.54) is 24.2 Å². The topological polar surface area (TPSA) is 38.9 Å². The fourth-order valence-electron chi connectivity index (χ4n) is 1.35. The van der Waals surface area contributed by atoms with Gasteiger partial charge in [0.2, 0.25) is 0 Å². The molecule has 1 aromatic rings. The number of nitrogens with two attached hydrogens (primary N) is 1. The molecule has 2 N–H and O–H groups in total. The molecular weight excluding hydrogens is 180 g/mol. The van der Waals surface area contributed by atoms with E-state index in [4.69, 9.17) is 5.73 Å². The minimum atomic E-state index is 0.551. The number of rotatable bonds is 3. The molecule has 1 aromatic heterocycles. The second kappa shape index (κ2) is 4.11. The maximum absolute atomic E-state index is 5.61. The molecule has 0 bridgehead atoms. The van der Waals surface area contributed by atoms with Crippen molar-refractivity contribution < 1.29 is 0 Å². The van der Waals surface area contributed by atoms with Crippen molar-refractivity contribution in [3.8, 4) is 0 Å². The first-order valence-electron chi connectivity index (χ1n) is 4.71. The van der Waals surface area contributed by atoms with E-state index in [1.54, 1.807) is 0 Å². The fourth-order valence-corrected chi connectivity index (χ4v) is 2.71. The molecule has 3 heteroatoms. The number of pyridine rings is 1. The number of nitrogens with zero attached hydrogens (tertiary/aromatic N) is 1. The summed E-state index contributed by atoms with van der Waals surface area (Å²) >= 11 is 1.94. The Bertz CT molecular complexity index is 284. The summed E-state index contributed by atoms with van der Waals surface area (Å²) in [4.78, 5) is 5.54. The Labute approximate surface area is 82.9 Å². The van der Waals surface area contributed by atoms with Crippen LogP contribution in [0, 0.1) is 0 Å². The second-order valence-electron chi connectivity index (χ2n) is 3.32. The molecule has 2 nitrogen and oxygen atoms in total. The predicted octanol–water partition coefficient (Wildman–Crippen LogP) is 2.18. The maximum atomic E-state index is 5.61. The van der Waals surface area contributed by atoms with Crippen molar-refractivity contribution in [3.05, 3.63) is 24.0 Å². The van der Waals surface area contributed by atoms with Crippen LogP contribution in [0.5, 0.6) is 0 Å². The van der Waals surface area contributed by atoms with Crippen molar-refractivity contribution in [3.63, 3.8) is 0 Å². The van der Waals surface area contributed by atoms with Gasteiger partial charge in [-0.3, -0.25) is 4.98 Å². The van der Waals surface area contributed by atoms with Crippen LogP contribution >= 0.6 is 11.8 Å². The van der Waals surface area contributed by atoms with Crippen LogP contribution in [0.15, 0.2) is 23.2 Å². The van der Waals surface area contributed by atoms with E-state index in [-0.39, 0.29) is 0 Å². The van der Waals surface area contributed by atoms with E-state index in [2.05, 4.69) is 11.1 Å². The lowest BCUT2D eigenvalue weighted by atomic mass is 10.0. The van der Waals surface area contributed by atoms with Crippen molar-refractivity contribution in [2.24, 2.45) is 5.73 Å². The molecule has 0 spiro atoms. The van der Waals surface area contributed by atoms with Gasteiger partial charge >= 0.3 is 0 Å².